The number of esters is 1. The summed E-state index contributed by atoms with van der Waals surface area (Å²) in [6.45, 7) is 3.12. The van der Waals surface area contributed by atoms with Crippen molar-refractivity contribution in [2.75, 3.05) is 25.5 Å². The van der Waals surface area contributed by atoms with E-state index in [2.05, 4.69) is 26.2 Å². The largest absolute Gasteiger partial charge is 0.465 e. The maximum atomic E-state index is 13.1. The van der Waals surface area contributed by atoms with Crippen molar-refractivity contribution in [3.63, 3.8) is 0 Å². The van der Waals surface area contributed by atoms with Crippen LogP contribution in [0.4, 0.5) is 5.69 Å². The van der Waals surface area contributed by atoms with Gasteiger partial charge in [0.05, 0.1) is 17.1 Å². The lowest BCUT2D eigenvalue weighted by Gasteiger charge is -2.32. The number of nitrogens with one attached hydrogen (secondary N) is 1. The summed E-state index contributed by atoms with van der Waals surface area (Å²) in [5.74, 6) is -0.383. The molecule has 1 fully saturated rings. The van der Waals surface area contributed by atoms with Gasteiger partial charge in [-0.3, -0.25) is 9.59 Å². The Morgan fingerprint density at radius 1 is 1.05 bits per heavy atom. The number of carbonyl (C=O) groups is 3. The SMILES string of the molecule is COC(=O)c1ccc(C(=O)Nc2ccc(C3CCN(C(=O)c4cn5cccc(Br)c5n4)CC3)cc2)c(C)c1. The first-order chi connectivity index (χ1) is 18.3. The number of aromatic nitrogens is 2. The fourth-order valence-electron chi connectivity index (χ4n) is 4.86. The number of piperidine rings is 1. The second-order valence-electron chi connectivity index (χ2n) is 9.38. The fourth-order valence-corrected chi connectivity index (χ4v) is 5.31. The highest BCUT2D eigenvalue weighted by molar-refractivity contribution is 9.10. The summed E-state index contributed by atoms with van der Waals surface area (Å²) in [5.41, 5.74) is 4.66. The Kier molecular flexibility index (Phi) is 7.28. The van der Waals surface area contributed by atoms with Gasteiger partial charge in [-0.25, -0.2) is 9.78 Å². The highest BCUT2D eigenvalue weighted by atomic mass is 79.9. The summed E-state index contributed by atoms with van der Waals surface area (Å²) < 4.78 is 7.44. The van der Waals surface area contributed by atoms with Crippen LogP contribution in [0.5, 0.6) is 0 Å². The van der Waals surface area contributed by atoms with E-state index in [0.717, 1.165) is 23.0 Å². The number of aryl methyl sites for hydroxylation is 1. The Morgan fingerprint density at radius 3 is 2.45 bits per heavy atom. The third-order valence-corrected chi connectivity index (χ3v) is 7.59. The maximum Gasteiger partial charge on any atom is 0.337 e. The maximum absolute atomic E-state index is 13.1. The lowest BCUT2D eigenvalue weighted by atomic mass is 9.89. The van der Waals surface area contributed by atoms with E-state index < -0.39 is 5.97 Å². The third-order valence-electron chi connectivity index (χ3n) is 6.97. The molecule has 4 aromatic rings. The number of pyridine rings is 1. The number of likely N-dealkylation sites (tertiary alicyclic amines) is 1. The van der Waals surface area contributed by atoms with Crippen molar-refractivity contribution in [2.24, 2.45) is 0 Å². The summed E-state index contributed by atoms with van der Waals surface area (Å²) in [5, 5.41) is 2.93. The molecule has 1 saturated heterocycles. The van der Waals surface area contributed by atoms with E-state index in [1.807, 2.05) is 51.9 Å². The monoisotopic (exact) mass is 574 g/mol. The predicted molar refractivity (Wildman–Crippen MR) is 148 cm³/mol. The van der Waals surface area contributed by atoms with Gasteiger partial charge in [-0.1, -0.05) is 12.1 Å². The molecule has 9 heteroatoms. The number of fused-ring (bicyclic) bond motifs is 1. The van der Waals surface area contributed by atoms with Gasteiger partial charge < -0.3 is 19.4 Å². The fraction of sp³-hybridized carbons (Fsp3) is 0.241. The number of anilines is 1. The van der Waals surface area contributed by atoms with E-state index >= 15 is 0 Å². The van der Waals surface area contributed by atoms with E-state index in [1.165, 1.54) is 12.7 Å². The smallest absolute Gasteiger partial charge is 0.337 e. The van der Waals surface area contributed by atoms with Crippen molar-refractivity contribution in [1.29, 1.82) is 0 Å². The first kappa shape index (κ1) is 25.7. The normalized spacial score (nSPS) is 13.9. The quantitative estimate of drug-likeness (QED) is 0.319. The van der Waals surface area contributed by atoms with Gasteiger partial charge >= 0.3 is 5.97 Å². The van der Waals surface area contributed by atoms with Crippen molar-refractivity contribution >= 4 is 45.0 Å². The van der Waals surface area contributed by atoms with Crippen molar-refractivity contribution in [3.05, 3.63) is 99.4 Å². The average Bonchev–Trinajstić information content (AvgIpc) is 3.38. The molecule has 0 spiro atoms. The van der Waals surface area contributed by atoms with Gasteiger partial charge in [0, 0.05) is 36.7 Å². The molecule has 1 aliphatic rings. The zero-order valence-corrected chi connectivity index (χ0v) is 22.7. The van der Waals surface area contributed by atoms with E-state index in [-0.39, 0.29) is 11.8 Å². The van der Waals surface area contributed by atoms with Crippen LogP contribution in [0.3, 0.4) is 0 Å². The summed E-state index contributed by atoms with van der Waals surface area (Å²) in [4.78, 5) is 43.9. The standard InChI is InChI=1S/C29H27BrN4O4/c1-18-16-21(29(37)38-2)7-10-23(18)27(35)31-22-8-5-19(6-9-22)20-11-14-33(15-12-20)28(36)25-17-34-13-3-4-24(30)26(34)32-25/h3-10,13,16-17,20H,11-12,14-15H2,1-2H3,(H,31,35). The Hall–Kier alpha value is -3.98. The van der Waals surface area contributed by atoms with Gasteiger partial charge in [0.2, 0.25) is 0 Å². The molecule has 2 aromatic carbocycles. The summed E-state index contributed by atoms with van der Waals surface area (Å²) in [7, 11) is 1.33. The van der Waals surface area contributed by atoms with Gasteiger partial charge in [-0.05, 0) is 95.2 Å². The second kappa shape index (κ2) is 10.8. The van der Waals surface area contributed by atoms with Gasteiger partial charge in [0.1, 0.15) is 5.69 Å². The molecule has 8 nitrogen and oxygen atoms in total. The van der Waals surface area contributed by atoms with Crippen LogP contribution in [0.2, 0.25) is 0 Å². The second-order valence-corrected chi connectivity index (χ2v) is 10.2. The number of hydrogen-bond donors (Lipinski definition) is 1. The first-order valence-electron chi connectivity index (χ1n) is 12.4. The minimum Gasteiger partial charge on any atom is -0.465 e. The number of methoxy groups -OCH3 is 1. The number of nitrogens with zero attached hydrogens (tertiary/aromatic N) is 3. The topological polar surface area (TPSA) is 93.0 Å². The van der Waals surface area contributed by atoms with Gasteiger partial charge in [-0.2, -0.15) is 0 Å². The number of ether oxygens (including phenoxy) is 1. The minimum atomic E-state index is -0.436. The van der Waals surface area contributed by atoms with Crippen molar-refractivity contribution in [2.45, 2.75) is 25.7 Å². The zero-order chi connectivity index (χ0) is 26.8. The molecule has 0 radical (unpaired) electrons. The molecular formula is C29H27BrN4O4. The van der Waals surface area contributed by atoms with Crippen LogP contribution in [0, 0.1) is 6.92 Å². The number of benzene rings is 2. The lowest BCUT2D eigenvalue weighted by molar-refractivity contribution is 0.0599. The van der Waals surface area contributed by atoms with Crippen LogP contribution < -0.4 is 5.32 Å². The molecule has 0 saturated carbocycles. The number of imidazole rings is 1. The first-order valence-corrected chi connectivity index (χ1v) is 13.2. The average molecular weight is 575 g/mol. The summed E-state index contributed by atoms with van der Waals surface area (Å²) in [6.07, 6.45) is 5.38. The number of carbonyl (C=O) groups excluding carboxylic acids is 3. The van der Waals surface area contributed by atoms with Crippen molar-refractivity contribution in [1.82, 2.24) is 14.3 Å². The molecule has 38 heavy (non-hydrogen) atoms. The van der Waals surface area contributed by atoms with Crippen LogP contribution in [-0.4, -0.2) is 52.3 Å². The van der Waals surface area contributed by atoms with Gasteiger partial charge in [0.25, 0.3) is 11.8 Å². The number of rotatable bonds is 5. The zero-order valence-electron chi connectivity index (χ0n) is 21.1. The highest BCUT2D eigenvalue weighted by Crippen LogP contribution is 2.30. The van der Waals surface area contributed by atoms with E-state index in [1.54, 1.807) is 31.3 Å². The molecule has 0 bridgehead atoms. The van der Waals surface area contributed by atoms with Gasteiger partial charge in [0.15, 0.2) is 5.65 Å². The van der Waals surface area contributed by atoms with E-state index in [9.17, 15) is 14.4 Å². The number of amides is 2. The van der Waals surface area contributed by atoms with Crippen LogP contribution >= 0.6 is 15.9 Å². The van der Waals surface area contributed by atoms with Crippen molar-refractivity contribution in [3.8, 4) is 0 Å². The Balaban J connectivity index is 1.18. The molecule has 2 aromatic heterocycles. The Morgan fingerprint density at radius 2 is 1.79 bits per heavy atom. The van der Waals surface area contributed by atoms with E-state index in [0.29, 0.717) is 47.1 Å². The number of halogens is 1. The Labute approximate surface area is 228 Å². The van der Waals surface area contributed by atoms with E-state index in [4.69, 9.17) is 4.74 Å². The molecule has 0 atom stereocenters. The molecule has 3 heterocycles. The molecule has 0 aliphatic carbocycles. The highest BCUT2D eigenvalue weighted by Gasteiger charge is 2.26. The van der Waals surface area contributed by atoms with Crippen LogP contribution in [0.25, 0.3) is 5.65 Å². The van der Waals surface area contributed by atoms with Crippen LogP contribution in [0.1, 0.15) is 61.1 Å². The molecule has 194 valence electrons. The third kappa shape index (κ3) is 5.19. The molecule has 0 unspecified atom stereocenters. The van der Waals surface area contributed by atoms with Crippen LogP contribution in [-0.2, 0) is 4.74 Å². The molecule has 1 N–H and O–H groups in total. The van der Waals surface area contributed by atoms with Crippen LogP contribution in [0.15, 0.2) is 71.5 Å². The lowest BCUT2D eigenvalue weighted by Crippen LogP contribution is -2.38. The van der Waals surface area contributed by atoms with Gasteiger partial charge in [-0.15, -0.1) is 0 Å². The molecule has 2 amide bonds. The Bertz CT molecular complexity index is 1520. The summed E-state index contributed by atoms with van der Waals surface area (Å²) in [6, 6.07) is 16.5. The molecule has 5 rings (SSSR count). The predicted octanol–water partition coefficient (Wildman–Crippen LogP) is 5.46. The molecular weight excluding hydrogens is 548 g/mol. The van der Waals surface area contributed by atoms with Crippen molar-refractivity contribution < 1.29 is 19.1 Å². The minimum absolute atomic E-state index is 0.0491. The molecule has 1 aliphatic heterocycles. The summed E-state index contributed by atoms with van der Waals surface area (Å²) >= 11 is 3.49. The number of hydrogen-bond acceptors (Lipinski definition) is 5.